The average molecular weight is 287 g/mol. The number of amides is 1. The Hall–Kier alpha value is -2.54. The van der Waals surface area contributed by atoms with Crippen LogP contribution in [0.3, 0.4) is 0 Å². The highest BCUT2D eigenvalue weighted by Gasteiger charge is 2.30. The van der Waals surface area contributed by atoms with E-state index in [4.69, 9.17) is 9.84 Å². The van der Waals surface area contributed by atoms with Gasteiger partial charge in [-0.2, -0.15) is 0 Å². The van der Waals surface area contributed by atoms with Crippen LogP contribution in [0.5, 0.6) is 0 Å². The van der Waals surface area contributed by atoms with Crippen molar-refractivity contribution in [3.63, 3.8) is 0 Å². The maximum atomic E-state index is 12.6. The molecule has 0 bridgehead atoms. The zero-order valence-corrected chi connectivity index (χ0v) is 11.1. The Kier molecular flexibility index (Phi) is 3.49. The molecule has 21 heavy (non-hydrogen) atoms. The number of carboxylic acids is 1. The van der Waals surface area contributed by atoms with E-state index >= 15 is 0 Å². The van der Waals surface area contributed by atoms with Gasteiger partial charge in [0.15, 0.2) is 6.10 Å². The quantitative estimate of drug-likeness (QED) is 0.867. The minimum absolute atomic E-state index is 0.0326. The van der Waals surface area contributed by atoms with Crippen molar-refractivity contribution in [2.75, 3.05) is 19.7 Å². The number of carboxylic acid groups (broad SMARTS) is 1. The van der Waals surface area contributed by atoms with Gasteiger partial charge in [0.05, 0.1) is 24.2 Å². The highest BCUT2D eigenvalue weighted by Crippen LogP contribution is 2.17. The third kappa shape index (κ3) is 2.55. The normalized spacial score (nSPS) is 18.7. The van der Waals surface area contributed by atoms with Crippen LogP contribution in [-0.2, 0) is 9.53 Å². The largest absolute Gasteiger partial charge is 0.479 e. The Labute approximate surface area is 120 Å². The van der Waals surface area contributed by atoms with Gasteiger partial charge < -0.3 is 14.7 Å². The van der Waals surface area contributed by atoms with E-state index in [-0.39, 0.29) is 19.1 Å². The maximum Gasteiger partial charge on any atom is 0.334 e. The van der Waals surface area contributed by atoms with Gasteiger partial charge >= 0.3 is 5.97 Å². The zero-order valence-electron chi connectivity index (χ0n) is 11.1. The fourth-order valence-electron chi connectivity index (χ4n) is 2.32. The van der Waals surface area contributed by atoms with Gasteiger partial charge in [0.2, 0.25) is 0 Å². The molecule has 2 aromatic rings. The van der Waals surface area contributed by atoms with E-state index in [0.29, 0.717) is 23.1 Å². The molecule has 108 valence electrons. The number of aromatic nitrogens is 2. The molecule has 0 spiro atoms. The Balaban J connectivity index is 1.92. The fraction of sp³-hybridized carbons (Fsp3) is 0.286. The number of hydrogen-bond donors (Lipinski definition) is 1. The Morgan fingerprint density at radius 3 is 2.90 bits per heavy atom. The van der Waals surface area contributed by atoms with Crippen molar-refractivity contribution in [2.24, 2.45) is 0 Å². The zero-order chi connectivity index (χ0) is 14.8. The van der Waals surface area contributed by atoms with Gasteiger partial charge in [0.1, 0.15) is 5.52 Å². The van der Waals surface area contributed by atoms with Gasteiger partial charge in [-0.3, -0.25) is 14.8 Å². The summed E-state index contributed by atoms with van der Waals surface area (Å²) in [5, 5.41) is 8.99. The second-order valence-corrected chi connectivity index (χ2v) is 4.68. The second kappa shape index (κ2) is 5.45. The van der Waals surface area contributed by atoms with Crippen LogP contribution >= 0.6 is 0 Å². The summed E-state index contributed by atoms with van der Waals surface area (Å²) in [4.78, 5) is 33.4. The lowest BCUT2D eigenvalue weighted by Gasteiger charge is -2.31. The minimum Gasteiger partial charge on any atom is -0.479 e. The third-order valence-corrected chi connectivity index (χ3v) is 3.36. The van der Waals surface area contributed by atoms with Crippen molar-refractivity contribution >= 4 is 22.9 Å². The summed E-state index contributed by atoms with van der Waals surface area (Å²) in [6.45, 7) is 0.600. The molecule has 0 saturated carbocycles. The van der Waals surface area contributed by atoms with Crippen LogP contribution in [0.4, 0.5) is 0 Å². The number of nitrogens with zero attached hydrogens (tertiary/aromatic N) is 3. The highest BCUT2D eigenvalue weighted by molar-refractivity contribution is 6.04. The summed E-state index contributed by atoms with van der Waals surface area (Å²) in [5.41, 5.74) is 1.57. The summed E-state index contributed by atoms with van der Waals surface area (Å²) in [5.74, 6) is -1.32. The average Bonchev–Trinajstić information content (AvgIpc) is 2.53. The second-order valence-electron chi connectivity index (χ2n) is 4.68. The molecule has 3 rings (SSSR count). The maximum absolute atomic E-state index is 12.6. The highest BCUT2D eigenvalue weighted by atomic mass is 16.5. The molecule has 1 aromatic carbocycles. The predicted octanol–water partition coefficient (Wildman–Crippen LogP) is 0.555. The van der Waals surface area contributed by atoms with Gasteiger partial charge in [-0.05, 0) is 12.1 Å². The molecule has 1 fully saturated rings. The standard InChI is InChI=1S/C14H13N3O4/c18-13(17-6-7-21-11(8-17)14(19)20)9-2-1-3-10-12(9)16-5-4-15-10/h1-5,11H,6-8H2,(H,19,20). The smallest absolute Gasteiger partial charge is 0.334 e. The summed E-state index contributed by atoms with van der Waals surface area (Å²) in [6, 6.07) is 5.18. The fourth-order valence-corrected chi connectivity index (χ4v) is 2.32. The van der Waals surface area contributed by atoms with Crippen molar-refractivity contribution in [3.8, 4) is 0 Å². The summed E-state index contributed by atoms with van der Waals surface area (Å²) in [7, 11) is 0. The Morgan fingerprint density at radius 2 is 2.10 bits per heavy atom. The van der Waals surface area contributed by atoms with E-state index in [1.807, 2.05) is 0 Å². The number of benzene rings is 1. The topological polar surface area (TPSA) is 92.6 Å². The number of para-hydroxylation sites is 1. The predicted molar refractivity (Wildman–Crippen MR) is 72.8 cm³/mol. The SMILES string of the molecule is O=C(O)C1CN(C(=O)c2cccc3nccnc23)CCO1. The van der Waals surface area contributed by atoms with E-state index < -0.39 is 12.1 Å². The lowest BCUT2D eigenvalue weighted by molar-refractivity contribution is -0.154. The third-order valence-electron chi connectivity index (χ3n) is 3.36. The molecule has 7 heteroatoms. The Morgan fingerprint density at radius 1 is 1.29 bits per heavy atom. The summed E-state index contributed by atoms with van der Waals surface area (Å²) in [6.07, 6.45) is 2.10. The number of morpholine rings is 1. The molecule has 1 amide bonds. The van der Waals surface area contributed by atoms with E-state index in [2.05, 4.69) is 9.97 Å². The van der Waals surface area contributed by atoms with Gasteiger partial charge in [0, 0.05) is 18.9 Å². The first-order chi connectivity index (χ1) is 10.2. The number of aliphatic carboxylic acids is 1. The first-order valence-electron chi connectivity index (χ1n) is 6.50. The van der Waals surface area contributed by atoms with Crippen molar-refractivity contribution in [1.29, 1.82) is 0 Å². The summed E-state index contributed by atoms with van der Waals surface area (Å²) < 4.78 is 5.12. The number of carbonyl (C=O) groups excluding carboxylic acids is 1. The van der Waals surface area contributed by atoms with E-state index in [9.17, 15) is 9.59 Å². The van der Waals surface area contributed by atoms with Gasteiger partial charge in [-0.25, -0.2) is 4.79 Å². The number of rotatable bonds is 2. The molecule has 0 aliphatic carbocycles. The number of carbonyl (C=O) groups is 2. The van der Waals surface area contributed by atoms with Crippen molar-refractivity contribution in [3.05, 3.63) is 36.2 Å². The van der Waals surface area contributed by atoms with Crippen molar-refractivity contribution in [2.45, 2.75) is 6.10 Å². The molecule has 1 aromatic heterocycles. The van der Waals surface area contributed by atoms with Crippen LogP contribution in [0.15, 0.2) is 30.6 Å². The number of hydrogen-bond acceptors (Lipinski definition) is 5. The molecule has 2 heterocycles. The van der Waals surface area contributed by atoms with Crippen LogP contribution in [0.1, 0.15) is 10.4 Å². The molecular formula is C14H13N3O4. The minimum atomic E-state index is -1.06. The first-order valence-corrected chi connectivity index (χ1v) is 6.50. The van der Waals surface area contributed by atoms with Crippen LogP contribution in [0, 0.1) is 0 Å². The monoisotopic (exact) mass is 287 g/mol. The number of fused-ring (bicyclic) bond motifs is 1. The van der Waals surface area contributed by atoms with Crippen LogP contribution < -0.4 is 0 Å². The molecule has 0 radical (unpaired) electrons. The van der Waals surface area contributed by atoms with Gasteiger partial charge in [-0.15, -0.1) is 0 Å². The van der Waals surface area contributed by atoms with Crippen LogP contribution in [0.25, 0.3) is 11.0 Å². The molecule has 1 aliphatic rings. The molecule has 1 unspecified atom stereocenters. The van der Waals surface area contributed by atoms with E-state index in [1.54, 1.807) is 24.4 Å². The first kappa shape index (κ1) is 13.4. The summed E-state index contributed by atoms with van der Waals surface area (Å²) >= 11 is 0. The molecule has 1 aliphatic heterocycles. The van der Waals surface area contributed by atoms with Gasteiger partial charge in [0.25, 0.3) is 5.91 Å². The molecular weight excluding hydrogens is 274 g/mol. The molecule has 1 saturated heterocycles. The van der Waals surface area contributed by atoms with Crippen LogP contribution in [0.2, 0.25) is 0 Å². The van der Waals surface area contributed by atoms with Crippen molar-refractivity contribution in [1.82, 2.24) is 14.9 Å². The Bertz CT molecular complexity index is 698. The molecule has 1 atom stereocenters. The van der Waals surface area contributed by atoms with Crippen LogP contribution in [-0.4, -0.2) is 57.7 Å². The molecule has 1 N–H and O–H groups in total. The lowest BCUT2D eigenvalue weighted by atomic mass is 10.1. The van der Waals surface area contributed by atoms with E-state index in [1.165, 1.54) is 11.1 Å². The van der Waals surface area contributed by atoms with Gasteiger partial charge in [-0.1, -0.05) is 6.07 Å². The molecule has 7 nitrogen and oxygen atoms in total. The van der Waals surface area contributed by atoms with Crippen molar-refractivity contribution < 1.29 is 19.4 Å². The lowest BCUT2D eigenvalue weighted by Crippen LogP contribution is -2.48. The number of ether oxygens (including phenoxy) is 1. The van der Waals surface area contributed by atoms with E-state index in [0.717, 1.165) is 0 Å².